The second-order valence-electron chi connectivity index (χ2n) is 4.07. The lowest BCUT2D eigenvalue weighted by atomic mass is 10.1. The van der Waals surface area contributed by atoms with Crippen molar-refractivity contribution >= 4 is 17.7 Å². The molecule has 0 unspecified atom stereocenters. The number of nitrogens with zero attached hydrogens (tertiary/aromatic N) is 1. The number of nitrogens with one attached hydrogen (secondary N) is 1. The van der Waals surface area contributed by atoms with Crippen molar-refractivity contribution in [1.29, 1.82) is 0 Å². The zero-order valence-electron chi connectivity index (χ0n) is 9.51. The summed E-state index contributed by atoms with van der Waals surface area (Å²) in [6.07, 6.45) is 0.0201. The Morgan fingerprint density at radius 3 is 2.88 bits per heavy atom. The summed E-state index contributed by atoms with van der Waals surface area (Å²) in [6.45, 7) is 0. The number of amides is 2. The molecule has 5 nitrogen and oxygen atoms in total. The van der Waals surface area contributed by atoms with E-state index < -0.39 is 12.1 Å². The molecule has 90 valence electrons. The summed E-state index contributed by atoms with van der Waals surface area (Å²) in [5.74, 6) is -0.211. The van der Waals surface area contributed by atoms with Gasteiger partial charge in [0.15, 0.2) is 0 Å². The van der Waals surface area contributed by atoms with E-state index in [1.165, 1.54) is 4.90 Å². The molecular weight excluding hydrogens is 220 g/mol. The van der Waals surface area contributed by atoms with Crippen molar-refractivity contribution in [3.05, 3.63) is 29.8 Å². The lowest BCUT2D eigenvalue weighted by Crippen LogP contribution is -2.46. The summed E-state index contributed by atoms with van der Waals surface area (Å²) in [7, 11) is 1.67. The lowest BCUT2D eigenvalue weighted by molar-refractivity contribution is -0.120. The molecule has 0 bridgehead atoms. The van der Waals surface area contributed by atoms with E-state index in [0.717, 1.165) is 11.3 Å². The molecule has 0 spiro atoms. The average molecular weight is 234 g/mol. The van der Waals surface area contributed by atoms with Gasteiger partial charge in [0.2, 0.25) is 5.91 Å². The highest BCUT2D eigenvalue weighted by molar-refractivity contribution is 5.99. The highest BCUT2D eigenvalue weighted by Gasteiger charge is 2.28. The molecule has 0 fully saturated rings. The molecule has 1 aromatic rings. The van der Waals surface area contributed by atoms with Gasteiger partial charge in [0, 0.05) is 12.7 Å². The highest BCUT2D eigenvalue weighted by atomic mass is 16.4. The van der Waals surface area contributed by atoms with Gasteiger partial charge < -0.3 is 15.3 Å². The average Bonchev–Trinajstić information content (AvgIpc) is 2.42. The van der Waals surface area contributed by atoms with Gasteiger partial charge >= 0.3 is 6.09 Å². The van der Waals surface area contributed by atoms with Crippen molar-refractivity contribution in [2.24, 2.45) is 0 Å². The minimum absolute atomic E-state index is 0.211. The molecule has 0 saturated carbocycles. The number of hydrogen-bond donors (Lipinski definition) is 2. The summed E-state index contributed by atoms with van der Waals surface area (Å²) < 4.78 is 0. The molecular formula is C12H14N2O3. The number of carboxylic acid groups (broad SMARTS) is 1. The second-order valence-corrected chi connectivity index (χ2v) is 4.07. The van der Waals surface area contributed by atoms with Crippen molar-refractivity contribution in [2.45, 2.75) is 18.9 Å². The van der Waals surface area contributed by atoms with Crippen LogP contribution in [0.25, 0.3) is 0 Å². The Morgan fingerprint density at radius 2 is 2.18 bits per heavy atom. The molecule has 0 saturated heterocycles. The van der Waals surface area contributed by atoms with Crippen molar-refractivity contribution in [3.63, 3.8) is 0 Å². The van der Waals surface area contributed by atoms with Gasteiger partial charge in [-0.3, -0.25) is 4.79 Å². The molecule has 5 heteroatoms. The number of anilines is 1. The van der Waals surface area contributed by atoms with Crippen LogP contribution in [-0.4, -0.2) is 30.2 Å². The maximum atomic E-state index is 12.0. The molecule has 1 aliphatic rings. The smallest absolute Gasteiger partial charge is 0.405 e. The topological polar surface area (TPSA) is 69.6 Å². The molecule has 1 aliphatic heterocycles. The molecule has 0 aliphatic carbocycles. The molecule has 1 aromatic carbocycles. The number of para-hydroxylation sites is 1. The van der Waals surface area contributed by atoms with Crippen LogP contribution in [0, 0.1) is 0 Å². The molecule has 0 aromatic heterocycles. The van der Waals surface area contributed by atoms with Crippen LogP contribution < -0.4 is 10.2 Å². The Balaban J connectivity index is 2.29. The Labute approximate surface area is 99.0 Å². The molecule has 1 atom stereocenters. The number of carbonyl (C=O) groups is 2. The van der Waals surface area contributed by atoms with Crippen LogP contribution in [0.15, 0.2) is 24.3 Å². The third-order valence-corrected chi connectivity index (χ3v) is 2.98. The zero-order chi connectivity index (χ0) is 12.4. The minimum Gasteiger partial charge on any atom is -0.465 e. The molecule has 2 amide bonds. The van der Waals surface area contributed by atoms with E-state index in [-0.39, 0.29) is 5.91 Å². The molecule has 0 radical (unpaired) electrons. The van der Waals surface area contributed by atoms with Crippen molar-refractivity contribution in [1.82, 2.24) is 5.32 Å². The van der Waals surface area contributed by atoms with Gasteiger partial charge in [-0.1, -0.05) is 18.2 Å². The predicted molar refractivity (Wildman–Crippen MR) is 63.1 cm³/mol. The maximum Gasteiger partial charge on any atom is 0.405 e. The predicted octanol–water partition coefficient (Wildman–Crippen LogP) is 1.23. The van der Waals surface area contributed by atoms with Gasteiger partial charge in [-0.2, -0.15) is 0 Å². The third kappa shape index (κ3) is 2.22. The quantitative estimate of drug-likeness (QED) is 0.767. The summed E-state index contributed by atoms with van der Waals surface area (Å²) in [4.78, 5) is 24.2. The number of carbonyl (C=O) groups excluding carboxylic acids is 1. The van der Waals surface area contributed by atoms with E-state index >= 15 is 0 Å². The summed E-state index contributed by atoms with van der Waals surface area (Å²) in [5, 5.41) is 11.0. The van der Waals surface area contributed by atoms with Crippen molar-refractivity contribution in [2.75, 3.05) is 11.9 Å². The van der Waals surface area contributed by atoms with Gasteiger partial charge in [-0.15, -0.1) is 0 Å². The zero-order valence-corrected chi connectivity index (χ0v) is 9.51. The summed E-state index contributed by atoms with van der Waals surface area (Å²) in [6, 6.07) is 6.96. The third-order valence-electron chi connectivity index (χ3n) is 2.98. The largest absolute Gasteiger partial charge is 0.465 e. The number of hydrogen-bond acceptors (Lipinski definition) is 2. The monoisotopic (exact) mass is 234 g/mol. The van der Waals surface area contributed by atoms with E-state index in [4.69, 9.17) is 5.11 Å². The Bertz CT molecular complexity index is 459. The number of benzene rings is 1. The van der Waals surface area contributed by atoms with Crippen molar-refractivity contribution < 1.29 is 14.7 Å². The number of likely N-dealkylation sites (N-methyl/N-ethyl adjacent to an activating group) is 1. The molecule has 17 heavy (non-hydrogen) atoms. The summed E-state index contributed by atoms with van der Waals surface area (Å²) in [5.41, 5.74) is 1.92. The van der Waals surface area contributed by atoms with Gasteiger partial charge in [0.1, 0.15) is 6.04 Å². The SMILES string of the molecule is CN1C(=O)[C@@H](NC(=O)O)CCc2ccccc21. The highest BCUT2D eigenvalue weighted by Crippen LogP contribution is 2.25. The van der Waals surface area contributed by atoms with E-state index in [1.807, 2.05) is 24.3 Å². The first-order chi connectivity index (χ1) is 8.09. The first-order valence-electron chi connectivity index (χ1n) is 5.44. The number of rotatable bonds is 1. The van der Waals surface area contributed by atoms with Crippen LogP contribution in [0.3, 0.4) is 0 Å². The summed E-state index contributed by atoms with van der Waals surface area (Å²) >= 11 is 0. The molecule has 1 heterocycles. The van der Waals surface area contributed by atoms with Crippen molar-refractivity contribution in [3.8, 4) is 0 Å². The standard InChI is InChI=1S/C12H14N2O3/c1-14-10-5-3-2-4-8(10)6-7-9(11(14)15)13-12(16)17/h2-5,9,13H,6-7H2,1H3,(H,16,17)/t9-/m0/s1. The Kier molecular flexibility index (Phi) is 2.99. The van der Waals surface area contributed by atoms with Gasteiger partial charge in [0.05, 0.1) is 0 Å². The fourth-order valence-corrected chi connectivity index (χ4v) is 2.11. The van der Waals surface area contributed by atoms with E-state index in [2.05, 4.69) is 5.32 Å². The van der Waals surface area contributed by atoms with E-state index in [0.29, 0.717) is 12.8 Å². The minimum atomic E-state index is -1.16. The lowest BCUT2D eigenvalue weighted by Gasteiger charge is -2.21. The molecule has 2 N–H and O–H groups in total. The number of fused-ring (bicyclic) bond motifs is 1. The van der Waals surface area contributed by atoms with Crippen LogP contribution in [0.5, 0.6) is 0 Å². The Morgan fingerprint density at radius 1 is 1.47 bits per heavy atom. The fraction of sp³-hybridized carbons (Fsp3) is 0.333. The van der Waals surface area contributed by atoms with Crippen LogP contribution in [0.2, 0.25) is 0 Å². The van der Waals surface area contributed by atoms with Crippen LogP contribution in [0.4, 0.5) is 10.5 Å². The van der Waals surface area contributed by atoms with E-state index in [1.54, 1.807) is 7.05 Å². The van der Waals surface area contributed by atoms with Gasteiger partial charge in [-0.25, -0.2) is 4.79 Å². The van der Waals surface area contributed by atoms with Gasteiger partial charge in [0.25, 0.3) is 0 Å². The van der Waals surface area contributed by atoms with Gasteiger partial charge in [-0.05, 0) is 24.5 Å². The first-order valence-corrected chi connectivity index (χ1v) is 5.44. The normalized spacial score (nSPS) is 19.5. The fourth-order valence-electron chi connectivity index (χ4n) is 2.11. The van der Waals surface area contributed by atoms with E-state index in [9.17, 15) is 9.59 Å². The van der Waals surface area contributed by atoms with Crippen LogP contribution in [0.1, 0.15) is 12.0 Å². The number of aryl methyl sites for hydroxylation is 1. The maximum absolute atomic E-state index is 12.0. The Hall–Kier alpha value is -2.04. The molecule has 2 rings (SSSR count). The van der Waals surface area contributed by atoms with Crippen LogP contribution in [-0.2, 0) is 11.2 Å². The first kappa shape index (κ1) is 11.4. The van der Waals surface area contributed by atoms with Crippen LogP contribution >= 0.6 is 0 Å². The second kappa shape index (κ2) is 4.45.